The number of hydrogen-bond acceptors (Lipinski definition) is 4. The van der Waals surface area contributed by atoms with E-state index in [9.17, 15) is 0 Å². The van der Waals surface area contributed by atoms with Crippen LogP contribution >= 0.6 is 0 Å². The van der Waals surface area contributed by atoms with Gasteiger partial charge in [0.25, 0.3) is 0 Å². The number of pyridine rings is 1. The summed E-state index contributed by atoms with van der Waals surface area (Å²) in [7, 11) is 3.69. The number of aryl methyl sites for hydroxylation is 1. The Bertz CT molecular complexity index is 988. The molecule has 120 valence electrons. The molecule has 0 saturated heterocycles. The zero-order valence-electron chi connectivity index (χ0n) is 13.5. The van der Waals surface area contributed by atoms with Gasteiger partial charge in [0.2, 0.25) is 0 Å². The van der Waals surface area contributed by atoms with Gasteiger partial charge in [-0.05, 0) is 30.3 Å². The van der Waals surface area contributed by atoms with Gasteiger partial charge < -0.3 is 9.30 Å². The number of hydrogen-bond donors (Lipinski definition) is 0. The molecule has 6 nitrogen and oxygen atoms in total. The van der Waals surface area contributed by atoms with E-state index in [4.69, 9.17) is 9.72 Å². The first-order chi connectivity index (χ1) is 11.8. The second kappa shape index (κ2) is 5.81. The maximum Gasteiger partial charge on any atom is 0.140 e. The molecule has 24 heavy (non-hydrogen) atoms. The largest absolute Gasteiger partial charge is 0.496 e. The van der Waals surface area contributed by atoms with Crippen molar-refractivity contribution < 1.29 is 4.74 Å². The van der Waals surface area contributed by atoms with E-state index in [0.717, 1.165) is 33.7 Å². The summed E-state index contributed by atoms with van der Waals surface area (Å²) in [6.45, 7) is 0.648. The van der Waals surface area contributed by atoms with Crippen LogP contribution in [0.2, 0.25) is 0 Å². The van der Waals surface area contributed by atoms with Gasteiger partial charge >= 0.3 is 0 Å². The van der Waals surface area contributed by atoms with E-state index in [2.05, 4.69) is 20.7 Å². The average Bonchev–Trinajstić information content (AvgIpc) is 3.23. The molecule has 4 rings (SSSR count). The van der Waals surface area contributed by atoms with Crippen LogP contribution in [0.3, 0.4) is 0 Å². The van der Waals surface area contributed by atoms with Crippen molar-refractivity contribution in [1.29, 1.82) is 0 Å². The van der Waals surface area contributed by atoms with Crippen LogP contribution in [0.5, 0.6) is 5.75 Å². The third-order valence-electron chi connectivity index (χ3n) is 4.11. The maximum atomic E-state index is 5.50. The first-order valence-corrected chi connectivity index (χ1v) is 7.67. The smallest absolute Gasteiger partial charge is 0.140 e. The molecule has 6 heteroatoms. The molecule has 3 aromatic heterocycles. The molecule has 3 heterocycles. The Morgan fingerprint density at radius 2 is 2.08 bits per heavy atom. The molecular weight excluding hydrogens is 302 g/mol. The number of imidazole rings is 1. The second-order valence-electron chi connectivity index (χ2n) is 5.59. The van der Waals surface area contributed by atoms with Crippen molar-refractivity contribution in [3.05, 3.63) is 60.7 Å². The lowest BCUT2D eigenvalue weighted by Crippen LogP contribution is -2.03. The van der Waals surface area contributed by atoms with Crippen molar-refractivity contribution in [2.24, 2.45) is 7.05 Å². The average molecular weight is 319 g/mol. The van der Waals surface area contributed by atoms with Gasteiger partial charge in [-0.2, -0.15) is 5.10 Å². The van der Waals surface area contributed by atoms with Crippen molar-refractivity contribution in [3.63, 3.8) is 0 Å². The SMILES string of the molecule is COc1ccc(-c2nc3ccncc3n2C)cc1Cn1cccn1. The molecule has 0 bridgehead atoms. The highest BCUT2D eigenvalue weighted by Crippen LogP contribution is 2.28. The molecule has 4 aromatic rings. The molecule has 0 saturated carbocycles. The van der Waals surface area contributed by atoms with Crippen LogP contribution in [-0.2, 0) is 13.6 Å². The molecule has 0 unspecified atom stereocenters. The number of benzene rings is 1. The number of nitrogens with zero attached hydrogens (tertiary/aromatic N) is 5. The van der Waals surface area contributed by atoms with Gasteiger partial charge in [0.1, 0.15) is 11.6 Å². The van der Waals surface area contributed by atoms with E-state index in [0.29, 0.717) is 6.54 Å². The van der Waals surface area contributed by atoms with Crippen LogP contribution in [0.4, 0.5) is 0 Å². The third-order valence-corrected chi connectivity index (χ3v) is 4.11. The van der Waals surface area contributed by atoms with E-state index >= 15 is 0 Å². The fourth-order valence-electron chi connectivity index (χ4n) is 2.90. The Kier molecular flexibility index (Phi) is 3.49. The van der Waals surface area contributed by atoms with Crippen molar-refractivity contribution in [2.45, 2.75) is 6.54 Å². The van der Waals surface area contributed by atoms with Gasteiger partial charge in [0, 0.05) is 36.8 Å². The highest BCUT2D eigenvalue weighted by molar-refractivity contribution is 5.79. The molecule has 0 N–H and O–H groups in total. The van der Waals surface area contributed by atoms with Crippen molar-refractivity contribution >= 4 is 11.0 Å². The number of methoxy groups -OCH3 is 1. The number of ether oxygens (including phenoxy) is 1. The molecule has 1 aromatic carbocycles. The predicted octanol–water partition coefficient (Wildman–Crippen LogP) is 2.89. The molecule has 0 spiro atoms. The Hall–Kier alpha value is -3.15. The van der Waals surface area contributed by atoms with Crippen molar-refractivity contribution in [2.75, 3.05) is 7.11 Å². The van der Waals surface area contributed by atoms with E-state index in [-0.39, 0.29) is 0 Å². The number of fused-ring (bicyclic) bond motifs is 1. The zero-order chi connectivity index (χ0) is 16.5. The normalized spacial score (nSPS) is 11.1. The lowest BCUT2D eigenvalue weighted by Gasteiger charge is -2.11. The number of rotatable bonds is 4. The van der Waals surface area contributed by atoms with Crippen LogP contribution in [0.1, 0.15) is 5.56 Å². The molecule has 0 atom stereocenters. The summed E-state index contributed by atoms with van der Waals surface area (Å²) in [6, 6.07) is 9.95. The van der Waals surface area contributed by atoms with Gasteiger partial charge in [-0.15, -0.1) is 0 Å². The molecule has 0 aliphatic carbocycles. The lowest BCUT2D eigenvalue weighted by molar-refractivity contribution is 0.407. The van der Waals surface area contributed by atoms with Crippen LogP contribution in [0.25, 0.3) is 22.4 Å². The Labute approximate surface area is 139 Å². The van der Waals surface area contributed by atoms with Crippen molar-refractivity contribution in [3.8, 4) is 17.1 Å². The highest BCUT2D eigenvalue weighted by atomic mass is 16.5. The minimum absolute atomic E-state index is 0.648. The Balaban J connectivity index is 1.81. The first kappa shape index (κ1) is 14.4. The minimum atomic E-state index is 0.648. The molecule has 0 amide bonds. The second-order valence-corrected chi connectivity index (χ2v) is 5.59. The topological polar surface area (TPSA) is 57.8 Å². The zero-order valence-corrected chi connectivity index (χ0v) is 13.5. The summed E-state index contributed by atoms with van der Waals surface area (Å²) >= 11 is 0. The summed E-state index contributed by atoms with van der Waals surface area (Å²) in [5.74, 6) is 1.75. The molecule has 0 aliphatic rings. The highest BCUT2D eigenvalue weighted by Gasteiger charge is 2.13. The summed E-state index contributed by atoms with van der Waals surface area (Å²) in [6.07, 6.45) is 7.30. The van der Waals surface area contributed by atoms with Gasteiger partial charge in [0.05, 0.1) is 30.9 Å². The standard InChI is InChI=1S/C18H17N5O/c1-22-16-11-19-8-6-15(16)21-18(22)13-4-5-17(24-2)14(10-13)12-23-9-3-7-20-23/h3-11H,12H2,1-2H3. The quantitative estimate of drug-likeness (QED) is 0.580. The monoisotopic (exact) mass is 319 g/mol. The Morgan fingerprint density at radius 3 is 2.83 bits per heavy atom. The lowest BCUT2D eigenvalue weighted by atomic mass is 10.1. The van der Waals surface area contributed by atoms with Gasteiger partial charge in [-0.1, -0.05) is 0 Å². The van der Waals surface area contributed by atoms with Crippen LogP contribution in [0.15, 0.2) is 55.1 Å². The molecule has 0 fully saturated rings. The minimum Gasteiger partial charge on any atom is -0.496 e. The first-order valence-electron chi connectivity index (χ1n) is 7.67. The van der Waals surface area contributed by atoms with E-state index in [1.165, 1.54) is 0 Å². The van der Waals surface area contributed by atoms with Gasteiger partial charge in [-0.3, -0.25) is 9.67 Å². The fraction of sp³-hybridized carbons (Fsp3) is 0.167. The molecule has 0 aliphatic heterocycles. The van der Waals surface area contributed by atoms with Crippen LogP contribution in [0, 0.1) is 0 Å². The third kappa shape index (κ3) is 2.42. The summed E-state index contributed by atoms with van der Waals surface area (Å²) in [5.41, 5.74) is 4.05. The van der Waals surface area contributed by atoms with Crippen molar-refractivity contribution in [1.82, 2.24) is 24.3 Å². The van der Waals surface area contributed by atoms with Gasteiger partial charge in [0.15, 0.2) is 0 Å². The van der Waals surface area contributed by atoms with Crippen LogP contribution < -0.4 is 4.74 Å². The molecular formula is C18H17N5O. The Morgan fingerprint density at radius 1 is 1.17 bits per heavy atom. The van der Waals surface area contributed by atoms with Gasteiger partial charge in [-0.25, -0.2) is 4.98 Å². The summed E-state index contributed by atoms with van der Waals surface area (Å²) < 4.78 is 9.43. The van der Waals surface area contributed by atoms with E-state index < -0.39 is 0 Å². The van der Waals surface area contributed by atoms with E-state index in [1.54, 1.807) is 19.5 Å². The maximum absolute atomic E-state index is 5.50. The summed E-state index contributed by atoms with van der Waals surface area (Å²) in [5, 5.41) is 4.27. The van der Waals surface area contributed by atoms with Crippen LogP contribution in [-0.4, -0.2) is 31.4 Å². The fourth-order valence-corrected chi connectivity index (χ4v) is 2.90. The molecule has 0 radical (unpaired) electrons. The predicted molar refractivity (Wildman–Crippen MR) is 91.8 cm³/mol. The van der Waals surface area contributed by atoms with E-state index in [1.807, 2.05) is 48.4 Å². The number of aromatic nitrogens is 5. The summed E-state index contributed by atoms with van der Waals surface area (Å²) in [4.78, 5) is 8.92.